The molecule has 2 rings (SSSR count). The summed E-state index contributed by atoms with van der Waals surface area (Å²) >= 11 is 0. The Labute approximate surface area is 113 Å². The summed E-state index contributed by atoms with van der Waals surface area (Å²) < 4.78 is 5.31. The zero-order valence-corrected chi connectivity index (χ0v) is 10.4. The number of ether oxygens (including phenoxy) is 1. The van der Waals surface area contributed by atoms with E-state index in [0.29, 0.717) is 5.56 Å². The molecule has 1 aromatic carbocycles. The number of nitrogens with zero attached hydrogens (tertiary/aromatic N) is 2. The van der Waals surface area contributed by atoms with Gasteiger partial charge in [-0.05, 0) is 24.6 Å². The molecule has 1 N–H and O–H groups in total. The molecular formula is C13H10N2O5. The third-order valence-corrected chi connectivity index (χ3v) is 2.61. The number of nitro groups is 1. The van der Waals surface area contributed by atoms with Gasteiger partial charge in [-0.1, -0.05) is 12.1 Å². The average molecular weight is 274 g/mol. The van der Waals surface area contributed by atoms with Crippen molar-refractivity contribution in [3.8, 4) is 11.6 Å². The van der Waals surface area contributed by atoms with Crippen molar-refractivity contribution in [2.45, 2.75) is 6.92 Å². The second-order valence-corrected chi connectivity index (χ2v) is 3.94. The Bertz CT molecular complexity index is 684. The standard InChI is InChI=1S/C13H10N2O5/c1-8-6-7-14-12(11(8)13(16)17)20-10-5-3-2-4-9(10)15(18)19/h2-7H,1H3,(H,16,17). The number of benzene rings is 1. The normalized spacial score (nSPS) is 10.1. The number of nitro benzene ring substituents is 1. The maximum atomic E-state index is 11.2. The number of hydrogen-bond donors (Lipinski definition) is 1. The van der Waals surface area contributed by atoms with E-state index in [2.05, 4.69) is 4.98 Å². The fourth-order valence-electron chi connectivity index (χ4n) is 1.67. The van der Waals surface area contributed by atoms with Crippen LogP contribution in [0, 0.1) is 17.0 Å². The lowest BCUT2D eigenvalue weighted by molar-refractivity contribution is -0.385. The summed E-state index contributed by atoms with van der Waals surface area (Å²) in [6, 6.07) is 7.22. The van der Waals surface area contributed by atoms with Crippen LogP contribution < -0.4 is 4.74 Å². The van der Waals surface area contributed by atoms with E-state index in [4.69, 9.17) is 9.84 Å². The molecule has 1 heterocycles. The molecule has 0 amide bonds. The first-order valence-electron chi connectivity index (χ1n) is 5.61. The molecule has 0 fully saturated rings. The highest BCUT2D eigenvalue weighted by atomic mass is 16.6. The number of aromatic carboxylic acids is 1. The van der Waals surface area contributed by atoms with Crippen LogP contribution >= 0.6 is 0 Å². The minimum Gasteiger partial charge on any atom is -0.477 e. The van der Waals surface area contributed by atoms with Crippen molar-refractivity contribution in [3.05, 3.63) is 57.8 Å². The molecule has 2 aromatic rings. The molecule has 0 atom stereocenters. The van der Waals surface area contributed by atoms with Crippen molar-refractivity contribution in [2.75, 3.05) is 0 Å². The van der Waals surface area contributed by atoms with Crippen LogP contribution in [-0.2, 0) is 0 Å². The third-order valence-electron chi connectivity index (χ3n) is 2.61. The number of carboxylic acid groups (broad SMARTS) is 1. The molecule has 7 nitrogen and oxygen atoms in total. The SMILES string of the molecule is Cc1ccnc(Oc2ccccc2[N+](=O)[O-])c1C(=O)O. The molecule has 0 unspecified atom stereocenters. The summed E-state index contributed by atoms with van der Waals surface area (Å²) in [5.74, 6) is -1.44. The predicted molar refractivity (Wildman–Crippen MR) is 69.1 cm³/mol. The highest BCUT2D eigenvalue weighted by Crippen LogP contribution is 2.32. The summed E-state index contributed by atoms with van der Waals surface area (Å²) in [4.78, 5) is 25.3. The van der Waals surface area contributed by atoms with Crippen LogP contribution in [0.5, 0.6) is 11.6 Å². The predicted octanol–water partition coefficient (Wildman–Crippen LogP) is 2.79. The average Bonchev–Trinajstić information content (AvgIpc) is 2.38. The fraction of sp³-hybridized carbons (Fsp3) is 0.0769. The quantitative estimate of drug-likeness (QED) is 0.679. The third kappa shape index (κ3) is 2.56. The fourth-order valence-corrected chi connectivity index (χ4v) is 1.67. The Morgan fingerprint density at radius 1 is 1.35 bits per heavy atom. The molecule has 0 bridgehead atoms. The molecule has 0 aliphatic carbocycles. The van der Waals surface area contributed by atoms with E-state index in [-0.39, 0.29) is 22.9 Å². The van der Waals surface area contributed by atoms with Gasteiger partial charge in [-0.15, -0.1) is 0 Å². The molecule has 20 heavy (non-hydrogen) atoms. The Kier molecular flexibility index (Phi) is 3.60. The molecule has 0 spiro atoms. The summed E-state index contributed by atoms with van der Waals surface area (Å²) in [7, 11) is 0. The Balaban J connectivity index is 2.49. The number of para-hydroxylation sites is 2. The van der Waals surface area contributed by atoms with Gasteiger partial charge in [0.25, 0.3) is 0 Å². The van der Waals surface area contributed by atoms with E-state index < -0.39 is 10.9 Å². The van der Waals surface area contributed by atoms with Crippen molar-refractivity contribution in [3.63, 3.8) is 0 Å². The van der Waals surface area contributed by atoms with Gasteiger partial charge in [-0.25, -0.2) is 9.78 Å². The first-order valence-corrected chi connectivity index (χ1v) is 5.61. The highest BCUT2D eigenvalue weighted by Gasteiger charge is 2.20. The van der Waals surface area contributed by atoms with Gasteiger partial charge in [0.05, 0.1) is 4.92 Å². The van der Waals surface area contributed by atoms with Crippen LogP contribution in [0.1, 0.15) is 15.9 Å². The van der Waals surface area contributed by atoms with Gasteiger partial charge >= 0.3 is 11.7 Å². The van der Waals surface area contributed by atoms with Crippen molar-refractivity contribution >= 4 is 11.7 Å². The summed E-state index contributed by atoms with van der Waals surface area (Å²) in [6.07, 6.45) is 1.38. The lowest BCUT2D eigenvalue weighted by Gasteiger charge is -2.09. The summed E-state index contributed by atoms with van der Waals surface area (Å²) in [5, 5.41) is 20.0. The Hall–Kier alpha value is -2.96. The van der Waals surface area contributed by atoms with Crippen LogP contribution in [0.2, 0.25) is 0 Å². The Morgan fingerprint density at radius 2 is 2.05 bits per heavy atom. The lowest BCUT2D eigenvalue weighted by Crippen LogP contribution is -2.05. The second-order valence-electron chi connectivity index (χ2n) is 3.94. The van der Waals surface area contributed by atoms with Crippen LogP contribution in [0.4, 0.5) is 5.69 Å². The minimum absolute atomic E-state index is 0.0573. The first-order chi connectivity index (χ1) is 9.50. The molecule has 7 heteroatoms. The van der Waals surface area contributed by atoms with Gasteiger partial charge in [0.2, 0.25) is 11.6 Å². The number of aromatic nitrogens is 1. The van der Waals surface area contributed by atoms with Crippen LogP contribution in [-0.4, -0.2) is 21.0 Å². The van der Waals surface area contributed by atoms with Crippen molar-refractivity contribution in [2.24, 2.45) is 0 Å². The Morgan fingerprint density at radius 3 is 2.70 bits per heavy atom. The van der Waals surface area contributed by atoms with E-state index in [1.807, 2.05) is 0 Å². The molecule has 0 radical (unpaired) electrons. The lowest BCUT2D eigenvalue weighted by atomic mass is 10.1. The number of carbonyl (C=O) groups is 1. The van der Waals surface area contributed by atoms with Crippen molar-refractivity contribution < 1.29 is 19.6 Å². The molecule has 102 valence electrons. The second kappa shape index (κ2) is 5.35. The highest BCUT2D eigenvalue weighted by molar-refractivity contribution is 5.91. The number of aryl methyl sites for hydroxylation is 1. The molecule has 0 saturated heterocycles. The van der Waals surface area contributed by atoms with E-state index in [1.165, 1.54) is 30.5 Å². The largest absolute Gasteiger partial charge is 0.477 e. The maximum Gasteiger partial charge on any atom is 0.341 e. The summed E-state index contributed by atoms with van der Waals surface area (Å²) in [5.41, 5.74) is 0.0823. The van der Waals surface area contributed by atoms with Gasteiger partial charge in [0.1, 0.15) is 5.56 Å². The minimum atomic E-state index is -1.20. The van der Waals surface area contributed by atoms with E-state index in [0.717, 1.165) is 0 Å². The zero-order chi connectivity index (χ0) is 14.7. The van der Waals surface area contributed by atoms with E-state index in [1.54, 1.807) is 13.0 Å². The molecule has 1 aromatic heterocycles. The van der Waals surface area contributed by atoms with E-state index >= 15 is 0 Å². The van der Waals surface area contributed by atoms with Gasteiger partial charge in [0.15, 0.2) is 0 Å². The smallest absolute Gasteiger partial charge is 0.341 e. The molecule has 0 aliphatic heterocycles. The number of carboxylic acids is 1. The van der Waals surface area contributed by atoms with Crippen LogP contribution in [0.25, 0.3) is 0 Å². The number of hydrogen-bond acceptors (Lipinski definition) is 5. The van der Waals surface area contributed by atoms with Gasteiger partial charge < -0.3 is 9.84 Å². The maximum absolute atomic E-state index is 11.2. The van der Waals surface area contributed by atoms with Crippen LogP contribution in [0.15, 0.2) is 36.5 Å². The molecular weight excluding hydrogens is 264 g/mol. The van der Waals surface area contributed by atoms with Crippen LogP contribution in [0.3, 0.4) is 0 Å². The molecule has 0 aliphatic rings. The van der Waals surface area contributed by atoms with Gasteiger partial charge in [-0.3, -0.25) is 10.1 Å². The summed E-state index contributed by atoms with van der Waals surface area (Å²) in [6.45, 7) is 1.59. The van der Waals surface area contributed by atoms with Crippen molar-refractivity contribution in [1.29, 1.82) is 0 Å². The topological polar surface area (TPSA) is 103 Å². The number of rotatable bonds is 4. The van der Waals surface area contributed by atoms with Crippen molar-refractivity contribution in [1.82, 2.24) is 4.98 Å². The zero-order valence-electron chi connectivity index (χ0n) is 10.4. The first kappa shape index (κ1) is 13.5. The van der Waals surface area contributed by atoms with E-state index in [9.17, 15) is 14.9 Å². The number of pyridine rings is 1. The molecule has 0 saturated carbocycles. The monoisotopic (exact) mass is 274 g/mol. The van der Waals surface area contributed by atoms with Gasteiger partial charge in [-0.2, -0.15) is 0 Å². The van der Waals surface area contributed by atoms with Gasteiger partial charge in [0, 0.05) is 12.3 Å².